The van der Waals surface area contributed by atoms with Gasteiger partial charge in [-0.1, -0.05) is 11.6 Å². The molecule has 0 saturated carbocycles. The molecule has 1 fully saturated rings. The third-order valence-electron chi connectivity index (χ3n) is 4.45. The van der Waals surface area contributed by atoms with Crippen LogP contribution in [0.15, 0.2) is 24.3 Å². The Hall–Kier alpha value is -1.63. The zero-order valence-electron chi connectivity index (χ0n) is 16.4. The van der Waals surface area contributed by atoms with E-state index in [9.17, 15) is 14.7 Å². The zero-order valence-corrected chi connectivity index (χ0v) is 17.2. The quantitative estimate of drug-likeness (QED) is 0.748. The van der Waals surface area contributed by atoms with Crippen LogP contribution >= 0.6 is 11.6 Å². The summed E-state index contributed by atoms with van der Waals surface area (Å²) in [5.74, 6) is -0.649. The Kier molecular flexibility index (Phi) is 6.89. The lowest BCUT2D eigenvalue weighted by Crippen LogP contribution is -2.52. The van der Waals surface area contributed by atoms with Gasteiger partial charge in [-0.15, -0.1) is 0 Å². The van der Waals surface area contributed by atoms with Gasteiger partial charge < -0.3 is 20.1 Å². The Morgan fingerprint density at radius 1 is 1.19 bits per heavy atom. The molecule has 1 aliphatic heterocycles. The number of hydrogen-bond acceptors (Lipinski definition) is 5. The van der Waals surface area contributed by atoms with Gasteiger partial charge in [-0.25, -0.2) is 4.79 Å². The van der Waals surface area contributed by atoms with Crippen LogP contribution in [-0.4, -0.2) is 58.8 Å². The van der Waals surface area contributed by atoms with Crippen LogP contribution in [0.4, 0.5) is 0 Å². The van der Waals surface area contributed by atoms with Gasteiger partial charge in [-0.05, 0) is 64.8 Å². The van der Waals surface area contributed by atoms with Crippen LogP contribution in [0, 0.1) is 0 Å². The summed E-state index contributed by atoms with van der Waals surface area (Å²) in [7, 11) is 0. The van der Waals surface area contributed by atoms with Crippen LogP contribution in [0.3, 0.4) is 0 Å². The average Bonchev–Trinajstić information content (AvgIpc) is 2.59. The van der Waals surface area contributed by atoms with E-state index in [1.54, 1.807) is 45.0 Å². The first kappa shape index (κ1) is 21.7. The monoisotopic (exact) mass is 396 g/mol. The Balaban J connectivity index is 1.81. The zero-order chi connectivity index (χ0) is 20.2. The maximum atomic E-state index is 12.5. The van der Waals surface area contributed by atoms with Crippen LogP contribution in [0.25, 0.3) is 0 Å². The number of carbonyl (C=O) groups excluding carboxylic acids is 2. The first-order valence-corrected chi connectivity index (χ1v) is 9.60. The minimum Gasteiger partial charge on any atom is -0.458 e. The van der Waals surface area contributed by atoms with E-state index in [0.29, 0.717) is 23.7 Å². The highest BCUT2D eigenvalue weighted by molar-refractivity contribution is 6.30. The van der Waals surface area contributed by atoms with Crippen LogP contribution in [0.1, 0.15) is 50.9 Å². The summed E-state index contributed by atoms with van der Waals surface area (Å²) in [6.07, 6.45) is 1.51. The van der Waals surface area contributed by atoms with Crippen molar-refractivity contribution in [2.75, 3.05) is 19.6 Å². The van der Waals surface area contributed by atoms with Crippen molar-refractivity contribution in [1.29, 1.82) is 0 Å². The van der Waals surface area contributed by atoms with Crippen molar-refractivity contribution >= 4 is 23.5 Å². The van der Waals surface area contributed by atoms with E-state index >= 15 is 0 Å². The Bertz CT molecular complexity index is 660. The van der Waals surface area contributed by atoms with Crippen molar-refractivity contribution in [3.8, 4) is 0 Å². The van der Waals surface area contributed by atoms with Crippen LogP contribution in [-0.2, 0) is 9.53 Å². The average molecular weight is 397 g/mol. The molecule has 6 nitrogen and oxygen atoms in total. The van der Waals surface area contributed by atoms with Crippen molar-refractivity contribution in [3.05, 3.63) is 34.9 Å². The maximum absolute atomic E-state index is 12.5. The summed E-state index contributed by atoms with van der Waals surface area (Å²) in [6.45, 7) is 8.10. The lowest BCUT2D eigenvalue weighted by molar-refractivity contribution is -0.175. The van der Waals surface area contributed by atoms with Gasteiger partial charge in [0.15, 0.2) is 5.60 Å². The molecule has 7 heteroatoms. The first-order chi connectivity index (χ1) is 12.5. The molecule has 1 aromatic carbocycles. The smallest absolute Gasteiger partial charge is 0.339 e. The lowest BCUT2D eigenvalue weighted by Gasteiger charge is -2.34. The van der Waals surface area contributed by atoms with Gasteiger partial charge in [-0.2, -0.15) is 0 Å². The molecule has 0 radical (unpaired) electrons. The van der Waals surface area contributed by atoms with Crippen LogP contribution < -0.4 is 5.32 Å². The highest BCUT2D eigenvalue weighted by Crippen LogP contribution is 2.18. The number of piperidine rings is 1. The van der Waals surface area contributed by atoms with E-state index in [1.807, 2.05) is 4.90 Å². The largest absolute Gasteiger partial charge is 0.458 e. The molecule has 0 spiro atoms. The molecule has 1 heterocycles. The number of amides is 1. The molecule has 2 rings (SSSR count). The number of aliphatic hydroxyl groups is 1. The Morgan fingerprint density at radius 2 is 1.74 bits per heavy atom. The maximum Gasteiger partial charge on any atom is 0.339 e. The fourth-order valence-corrected chi connectivity index (χ4v) is 2.99. The predicted octanol–water partition coefficient (Wildman–Crippen LogP) is 2.63. The standard InChI is InChI=1S/C20H29ClN2O4/c1-19(2,3)27-18(25)20(4,26)13-22-16-9-11-23(12-10-16)17(24)14-5-7-15(21)8-6-14/h5-8,16,22,26H,9-13H2,1-4H3/t20-/m0/s1. The molecule has 1 amide bonds. The van der Waals surface area contributed by atoms with E-state index in [-0.39, 0.29) is 18.5 Å². The van der Waals surface area contributed by atoms with E-state index in [2.05, 4.69) is 5.32 Å². The van der Waals surface area contributed by atoms with E-state index < -0.39 is 17.2 Å². The van der Waals surface area contributed by atoms with Gasteiger partial charge in [0, 0.05) is 36.3 Å². The molecule has 0 aliphatic carbocycles. The van der Waals surface area contributed by atoms with Crippen molar-refractivity contribution in [2.45, 2.75) is 57.8 Å². The second kappa shape index (κ2) is 8.59. The van der Waals surface area contributed by atoms with Gasteiger partial charge in [0.1, 0.15) is 5.60 Å². The number of rotatable bonds is 5. The summed E-state index contributed by atoms with van der Waals surface area (Å²) < 4.78 is 5.26. The molecular formula is C20H29ClN2O4. The van der Waals surface area contributed by atoms with Crippen LogP contribution in [0.2, 0.25) is 5.02 Å². The third-order valence-corrected chi connectivity index (χ3v) is 4.70. The molecule has 1 atom stereocenters. The van der Waals surface area contributed by atoms with E-state index in [4.69, 9.17) is 16.3 Å². The number of nitrogens with one attached hydrogen (secondary N) is 1. The number of benzene rings is 1. The number of esters is 1. The summed E-state index contributed by atoms with van der Waals surface area (Å²) >= 11 is 5.86. The molecule has 27 heavy (non-hydrogen) atoms. The Morgan fingerprint density at radius 3 is 2.26 bits per heavy atom. The molecule has 1 saturated heterocycles. The molecule has 0 unspecified atom stereocenters. The highest BCUT2D eigenvalue weighted by atomic mass is 35.5. The summed E-state index contributed by atoms with van der Waals surface area (Å²) in [6, 6.07) is 7.01. The van der Waals surface area contributed by atoms with E-state index in [1.165, 1.54) is 6.92 Å². The number of ether oxygens (including phenoxy) is 1. The van der Waals surface area contributed by atoms with Gasteiger partial charge in [0.05, 0.1) is 0 Å². The lowest BCUT2D eigenvalue weighted by atomic mass is 10.0. The number of hydrogen-bond donors (Lipinski definition) is 2. The van der Waals surface area contributed by atoms with Gasteiger partial charge in [0.2, 0.25) is 0 Å². The number of nitrogens with zero attached hydrogens (tertiary/aromatic N) is 1. The number of carbonyl (C=O) groups is 2. The Labute approximate surface area is 165 Å². The second-order valence-corrected chi connectivity index (χ2v) is 8.67. The minimum absolute atomic E-state index is 0.00846. The van der Waals surface area contributed by atoms with Gasteiger partial charge in [-0.3, -0.25) is 4.79 Å². The van der Waals surface area contributed by atoms with Crippen molar-refractivity contribution in [3.63, 3.8) is 0 Å². The second-order valence-electron chi connectivity index (χ2n) is 8.23. The minimum atomic E-state index is -1.59. The molecule has 0 bridgehead atoms. The molecule has 1 aliphatic rings. The summed E-state index contributed by atoms with van der Waals surface area (Å²) in [5, 5.41) is 14.2. The topological polar surface area (TPSA) is 78.9 Å². The first-order valence-electron chi connectivity index (χ1n) is 9.22. The van der Waals surface area contributed by atoms with E-state index in [0.717, 1.165) is 12.8 Å². The SMILES string of the molecule is CC(C)(C)OC(=O)[C@@](C)(O)CNC1CCN(C(=O)c2ccc(Cl)cc2)CC1. The fraction of sp³-hybridized carbons (Fsp3) is 0.600. The fourth-order valence-electron chi connectivity index (χ4n) is 2.87. The third kappa shape index (κ3) is 6.48. The van der Waals surface area contributed by atoms with Crippen molar-refractivity contribution < 1.29 is 19.4 Å². The highest BCUT2D eigenvalue weighted by Gasteiger charge is 2.35. The van der Waals surface area contributed by atoms with Gasteiger partial charge in [0.25, 0.3) is 5.91 Å². The summed E-state index contributed by atoms with van der Waals surface area (Å²) in [5.41, 5.74) is -1.61. The van der Waals surface area contributed by atoms with Crippen molar-refractivity contribution in [2.24, 2.45) is 0 Å². The predicted molar refractivity (Wildman–Crippen MR) is 105 cm³/mol. The van der Waals surface area contributed by atoms with Crippen LogP contribution in [0.5, 0.6) is 0 Å². The number of halogens is 1. The normalized spacial score (nSPS) is 18.1. The number of likely N-dealkylation sites (tertiary alicyclic amines) is 1. The van der Waals surface area contributed by atoms with Crippen molar-refractivity contribution in [1.82, 2.24) is 10.2 Å². The molecule has 1 aromatic rings. The molecular weight excluding hydrogens is 368 g/mol. The summed E-state index contributed by atoms with van der Waals surface area (Å²) in [4.78, 5) is 26.4. The molecule has 0 aromatic heterocycles. The van der Waals surface area contributed by atoms with Gasteiger partial charge >= 0.3 is 5.97 Å². The molecule has 150 valence electrons. The molecule has 2 N–H and O–H groups in total.